The molecule has 2 heterocycles. The first kappa shape index (κ1) is 13.7. The van der Waals surface area contributed by atoms with Crippen molar-refractivity contribution >= 4 is 28.1 Å². The zero-order chi connectivity index (χ0) is 12.8. The third-order valence-corrected chi connectivity index (χ3v) is 4.22. The maximum absolute atomic E-state index is 5.32. The summed E-state index contributed by atoms with van der Waals surface area (Å²) < 4.78 is 7.41. The number of methoxy groups -OCH3 is 1. The van der Waals surface area contributed by atoms with Crippen molar-refractivity contribution < 1.29 is 4.74 Å². The molecular weight excluding hydrogens is 266 g/mol. The number of nitrogens with one attached hydrogen (secondary N) is 1. The van der Waals surface area contributed by atoms with Crippen molar-refractivity contribution in [3.8, 4) is 5.88 Å². The minimum absolute atomic E-state index is 0.735. The van der Waals surface area contributed by atoms with Crippen LogP contribution in [0.2, 0.25) is 0 Å². The van der Waals surface area contributed by atoms with E-state index in [9.17, 15) is 0 Å². The Morgan fingerprint density at radius 2 is 2.39 bits per heavy atom. The van der Waals surface area contributed by atoms with E-state index in [0.29, 0.717) is 0 Å². The normalized spacial score (nSPS) is 11.2. The molecule has 1 N–H and O–H groups in total. The first-order chi connectivity index (χ1) is 8.86. The van der Waals surface area contributed by atoms with Gasteiger partial charge in [0.15, 0.2) is 4.96 Å². The molecule has 2 aromatic heterocycles. The molecule has 18 heavy (non-hydrogen) atoms. The lowest BCUT2D eigenvalue weighted by atomic mass is 10.3. The highest BCUT2D eigenvalue weighted by molar-refractivity contribution is 7.98. The fourth-order valence-electron chi connectivity index (χ4n) is 1.84. The number of unbranched alkanes of at least 4 members (excludes halogenated alkanes) is 1. The van der Waals surface area contributed by atoms with E-state index >= 15 is 0 Å². The van der Waals surface area contributed by atoms with E-state index in [-0.39, 0.29) is 0 Å². The molecule has 0 saturated heterocycles. The Balaban J connectivity index is 1.88. The predicted molar refractivity (Wildman–Crippen MR) is 78.9 cm³/mol. The van der Waals surface area contributed by atoms with Gasteiger partial charge in [-0.25, -0.2) is 0 Å². The van der Waals surface area contributed by atoms with Gasteiger partial charge in [0, 0.05) is 18.1 Å². The van der Waals surface area contributed by atoms with E-state index in [4.69, 9.17) is 4.74 Å². The van der Waals surface area contributed by atoms with Crippen LogP contribution < -0.4 is 10.1 Å². The van der Waals surface area contributed by atoms with Gasteiger partial charge in [-0.1, -0.05) is 0 Å². The number of hydrogen-bond acceptors (Lipinski definition) is 5. The lowest BCUT2D eigenvalue weighted by Crippen LogP contribution is -2.16. The zero-order valence-corrected chi connectivity index (χ0v) is 12.4. The van der Waals surface area contributed by atoms with Crippen molar-refractivity contribution in [3.05, 3.63) is 17.3 Å². The van der Waals surface area contributed by atoms with Gasteiger partial charge in [0.1, 0.15) is 5.69 Å². The summed E-state index contributed by atoms with van der Waals surface area (Å²) in [5.74, 6) is 1.98. The lowest BCUT2D eigenvalue weighted by molar-refractivity contribution is 0.393. The van der Waals surface area contributed by atoms with Crippen LogP contribution >= 0.6 is 23.1 Å². The fourth-order valence-corrected chi connectivity index (χ4v) is 3.06. The summed E-state index contributed by atoms with van der Waals surface area (Å²) in [6, 6.07) is 0. The van der Waals surface area contributed by atoms with Gasteiger partial charge in [-0.05, 0) is 31.4 Å². The highest BCUT2D eigenvalue weighted by Crippen LogP contribution is 2.22. The monoisotopic (exact) mass is 285 g/mol. The molecule has 0 aromatic carbocycles. The molecule has 0 aliphatic heterocycles. The number of thiazole rings is 1. The van der Waals surface area contributed by atoms with E-state index in [1.165, 1.54) is 18.6 Å². The van der Waals surface area contributed by atoms with E-state index < -0.39 is 0 Å². The van der Waals surface area contributed by atoms with Crippen molar-refractivity contribution in [1.29, 1.82) is 0 Å². The minimum Gasteiger partial charge on any atom is -0.480 e. The van der Waals surface area contributed by atoms with Crippen molar-refractivity contribution in [2.24, 2.45) is 0 Å². The first-order valence-electron chi connectivity index (χ1n) is 6.05. The minimum atomic E-state index is 0.735. The standard InChI is InChI=1S/C12H19N3OS2/c1-16-11-10(9-13-5-3-4-7-17-2)15-6-8-18-12(15)14-11/h6,8,13H,3-5,7,9H2,1-2H3. The van der Waals surface area contributed by atoms with Gasteiger partial charge in [0.25, 0.3) is 0 Å². The van der Waals surface area contributed by atoms with E-state index in [0.717, 1.165) is 29.6 Å². The van der Waals surface area contributed by atoms with Crippen LogP contribution in [-0.2, 0) is 6.54 Å². The fraction of sp³-hybridized carbons (Fsp3) is 0.583. The molecule has 0 radical (unpaired) electrons. The lowest BCUT2D eigenvalue weighted by Gasteiger charge is -2.05. The topological polar surface area (TPSA) is 38.6 Å². The predicted octanol–water partition coefficient (Wildman–Crippen LogP) is 2.64. The van der Waals surface area contributed by atoms with Crippen molar-refractivity contribution in [3.63, 3.8) is 0 Å². The molecule has 6 heteroatoms. The van der Waals surface area contributed by atoms with Crippen LogP contribution in [0.15, 0.2) is 11.6 Å². The van der Waals surface area contributed by atoms with Gasteiger partial charge in [0.2, 0.25) is 5.88 Å². The SMILES string of the molecule is COc1nc2sccn2c1CNCCCCSC. The van der Waals surface area contributed by atoms with Crippen LogP contribution in [0, 0.1) is 0 Å². The number of aromatic nitrogens is 2. The van der Waals surface area contributed by atoms with E-state index in [2.05, 4.69) is 21.0 Å². The second kappa shape index (κ2) is 7.01. The van der Waals surface area contributed by atoms with Crippen LogP contribution in [-0.4, -0.2) is 35.0 Å². The summed E-state index contributed by atoms with van der Waals surface area (Å²) in [5, 5.41) is 5.50. The summed E-state index contributed by atoms with van der Waals surface area (Å²) in [4.78, 5) is 5.43. The highest BCUT2D eigenvalue weighted by atomic mass is 32.2. The third-order valence-electron chi connectivity index (χ3n) is 2.76. The number of imidazole rings is 1. The maximum Gasteiger partial charge on any atom is 0.237 e. The number of hydrogen-bond donors (Lipinski definition) is 1. The summed E-state index contributed by atoms with van der Waals surface area (Å²) in [5.41, 5.74) is 1.11. The van der Waals surface area contributed by atoms with Crippen LogP contribution in [0.3, 0.4) is 0 Å². The van der Waals surface area contributed by atoms with Crippen LogP contribution in [0.4, 0.5) is 0 Å². The number of fused-ring (bicyclic) bond motifs is 1. The van der Waals surface area contributed by atoms with Gasteiger partial charge < -0.3 is 10.1 Å². The molecule has 4 nitrogen and oxygen atoms in total. The molecule has 0 aliphatic rings. The average molecular weight is 285 g/mol. The Morgan fingerprint density at radius 1 is 1.50 bits per heavy atom. The number of nitrogens with zero attached hydrogens (tertiary/aromatic N) is 2. The van der Waals surface area contributed by atoms with Crippen molar-refractivity contribution in [1.82, 2.24) is 14.7 Å². The molecular formula is C12H19N3OS2. The summed E-state index contributed by atoms with van der Waals surface area (Å²) in [6.07, 6.45) is 6.68. The van der Waals surface area contributed by atoms with Crippen molar-refractivity contribution in [2.45, 2.75) is 19.4 Å². The van der Waals surface area contributed by atoms with E-state index in [1.54, 1.807) is 18.4 Å². The average Bonchev–Trinajstić information content (AvgIpc) is 2.94. The molecule has 2 aromatic rings. The van der Waals surface area contributed by atoms with Crippen LogP contribution in [0.1, 0.15) is 18.5 Å². The number of rotatable bonds is 8. The Labute approximate surface area is 116 Å². The summed E-state index contributed by atoms with van der Waals surface area (Å²) in [6.45, 7) is 1.85. The second-order valence-electron chi connectivity index (χ2n) is 4.00. The Morgan fingerprint density at radius 3 is 3.17 bits per heavy atom. The van der Waals surface area contributed by atoms with Crippen LogP contribution in [0.5, 0.6) is 5.88 Å². The first-order valence-corrected chi connectivity index (χ1v) is 8.32. The van der Waals surface area contributed by atoms with E-state index in [1.807, 2.05) is 23.3 Å². The van der Waals surface area contributed by atoms with Crippen molar-refractivity contribution in [2.75, 3.05) is 25.7 Å². The molecule has 0 fully saturated rings. The molecule has 0 amide bonds. The second-order valence-corrected chi connectivity index (χ2v) is 5.86. The largest absolute Gasteiger partial charge is 0.480 e. The maximum atomic E-state index is 5.32. The van der Waals surface area contributed by atoms with Crippen LogP contribution in [0.25, 0.3) is 4.96 Å². The highest BCUT2D eigenvalue weighted by Gasteiger charge is 2.12. The Kier molecular flexibility index (Phi) is 5.34. The quantitative estimate of drug-likeness (QED) is 0.757. The number of ether oxygens (including phenoxy) is 1. The molecule has 0 saturated carbocycles. The Hall–Kier alpha value is -0.720. The van der Waals surface area contributed by atoms with Gasteiger partial charge in [-0.3, -0.25) is 4.40 Å². The molecule has 0 aliphatic carbocycles. The summed E-state index contributed by atoms with van der Waals surface area (Å²) in [7, 11) is 1.68. The molecule has 2 rings (SSSR count). The third kappa shape index (κ3) is 3.18. The van der Waals surface area contributed by atoms with Gasteiger partial charge in [0.05, 0.1) is 7.11 Å². The zero-order valence-electron chi connectivity index (χ0n) is 10.8. The summed E-state index contributed by atoms with van der Waals surface area (Å²) >= 11 is 3.54. The Bertz CT molecular complexity index is 481. The smallest absolute Gasteiger partial charge is 0.237 e. The molecule has 0 atom stereocenters. The number of thioether (sulfide) groups is 1. The molecule has 100 valence electrons. The van der Waals surface area contributed by atoms with Gasteiger partial charge >= 0.3 is 0 Å². The molecule has 0 spiro atoms. The van der Waals surface area contributed by atoms with Gasteiger partial charge in [-0.15, -0.1) is 11.3 Å². The van der Waals surface area contributed by atoms with Gasteiger partial charge in [-0.2, -0.15) is 16.7 Å². The molecule has 0 unspecified atom stereocenters. The molecule has 0 bridgehead atoms.